The molecule has 0 amide bonds. The van der Waals surface area contributed by atoms with Gasteiger partial charge in [0, 0.05) is 37.5 Å². The Labute approximate surface area is 174 Å². The lowest BCUT2D eigenvalue weighted by Crippen LogP contribution is -2.47. The Morgan fingerprint density at radius 1 is 1.41 bits per heavy atom. The summed E-state index contributed by atoms with van der Waals surface area (Å²) < 4.78 is 28.9. The number of hydrogen-bond acceptors (Lipinski definition) is 3. The summed E-state index contributed by atoms with van der Waals surface area (Å²) >= 11 is 0. The van der Waals surface area contributed by atoms with E-state index in [4.69, 9.17) is 0 Å². The van der Waals surface area contributed by atoms with Crippen molar-refractivity contribution in [2.45, 2.75) is 45.2 Å². The zero-order valence-electron chi connectivity index (χ0n) is 15.5. The monoisotopic (exact) mass is 490 g/mol. The predicted molar refractivity (Wildman–Crippen MR) is 111 cm³/mol. The molecule has 0 spiro atoms. The summed E-state index contributed by atoms with van der Waals surface area (Å²) in [6.45, 7) is 5.75. The van der Waals surface area contributed by atoms with Crippen molar-refractivity contribution < 1.29 is 8.78 Å². The maximum atomic E-state index is 13.9. The third-order valence-corrected chi connectivity index (χ3v) is 4.51. The number of guanidine groups is 1. The van der Waals surface area contributed by atoms with E-state index in [9.17, 15) is 8.78 Å². The first kappa shape index (κ1) is 21.5. The van der Waals surface area contributed by atoms with Gasteiger partial charge in [-0.15, -0.1) is 24.0 Å². The van der Waals surface area contributed by atoms with Crippen LogP contribution in [0.5, 0.6) is 0 Å². The molecule has 6 nitrogen and oxygen atoms in total. The molecule has 3 rings (SSSR count). The van der Waals surface area contributed by atoms with Crippen molar-refractivity contribution in [3.8, 4) is 0 Å². The van der Waals surface area contributed by atoms with Gasteiger partial charge in [-0.3, -0.25) is 4.99 Å². The second-order valence-corrected chi connectivity index (χ2v) is 6.52. The maximum Gasteiger partial charge on any atom is 0.191 e. The normalized spacial score (nSPS) is 17.6. The van der Waals surface area contributed by atoms with Crippen LogP contribution in [0.1, 0.15) is 37.6 Å². The van der Waals surface area contributed by atoms with Gasteiger partial charge in [0.1, 0.15) is 23.8 Å². The highest BCUT2D eigenvalue weighted by atomic mass is 127. The maximum absolute atomic E-state index is 13.9. The van der Waals surface area contributed by atoms with Crippen LogP contribution < -0.4 is 10.6 Å². The number of aromatic nitrogens is 3. The van der Waals surface area contributed by atoms with Crippen molar-refractivity contribution in [2.75, 3.05) is 13.1 Å². The molecule has 2 heterocycles. The van der Waals surface area contributed by atoms with Crippen LogP contribution >= 0.6 is 24.0 Å². The third kappa shape index (κ3) is 5.60. The summed E-state index contributed by atoms with van der Waals surface area (Å²) in [6.07, 6.45) is 3.40. The van der Waals surface area contributed by atoms with Crippen LogP contribution in [-0.4, -0.2) is 39.9 Å². The lowest BCUT2D eigenvalue weighted by atomic mass is 10.0. The molecule has 2 atom stereocenters. The van der Waals surface area contributed by atoms with Gasteiger partial charge in [-0.2, -0.15) is 5.10 Å². The van der Waals surface area contributed by atoms with Crippen LogP contribution in [0.3, 0.4) is 0 Å². The Morgan fingerprint density at radius 3 is 2.96 bits per heavy atom. The summed E-state index contributed by atoms with van der Waals surface area (Å²) in [5, 5.41) is 10.9. The molecule has 0 saturated carbocycles. The van der Waals surface area contributed by atoms with Crippen LogP contribution in [-0.2, 0) is 13.0 Å². The summed E-state index contributed by atoms with van der Waals surface area (Å²) in [7, 11) is 0. The van der Waals surface area contributed by atoms with Crippen molar-refractivity contribution in [3.63, 3.8) is 0 Å². The first-order valence-corrected chi connectivity index (χ1v) is 8.93. The number of halogens is 3. The fourth-order valence-electron chi connectivity index (χ4n) is 3.10. The number of fused-ring (bicyclic) bond motifs is 1. The molecule has 0 bridgehead atoms. The standard InChI is InChI=1S/C18H24F2N6.HI/c1-3-21-18(25-14-5-7-17-23-11-24-26(17)10-14)22-9-12(2)15-6-4-13(19)8-16(15)20;/h4,6,8,11-12,14H,3,5,7,9-10H2,1-2H3,(H2,21,22,25);1H. The fraction of sp³-hybridized carbons (Fsp3) is 0.500. The Morgan fingerprint density at radius 2 is 2.22 bits per heavy atom. The lowest BCUT2D eigenvalue weighted by Gasteiger charge is -2.25. The summed E-state index contributed by atoms with van der Waals surface area (Å²) in [6, 6.07) is 3.88. The molecule has 27 heavy (non-hydrogen) atoms. The van der Waals surface area contributed by atoms with Gasteiger partial charge in [-0.25, -0.2) is 18.4 Å². The molecular weight excluding hydrogens is 465 g/mol. The molecular formula is C18H25F2IN6. The molecule has 0 aliphatic carbocycles. The minimum atomic E-state index is -0.568. The Hall–Kier alpha value is -1.78. The number of aryl methyl sites for hydroxylation is 1. The molecule has 2 unspecified atom stereocenters. The second kappa shape index (κ2) is 9.95. The van der Waals surface area contributed by atoms with Crippen molar-refractivity contribution in [2.24, 2.45) is 4.99 Å². The van der Waals surface area contributed by atoms with Crippen molar-refractivity contribution in [1.29, 1.82) is 0 Å². The predicted octanol–water partition coefficient (Wildman–Crippen LogP) is 2.85. The smallest absolute Gasteiger partial charge is 0.191 e. The molecule has 1 aromatic heterocycles. The molecule has 0 radical (unpaired) electrons. The SMILES string of the molecule is CCNC(=NCC(C)c1ccc(F)cc1F)NC1CCc2ncnn2C1.I. The van der Waals surface area contributed by atoms with Crippen LogP contribution in [0.25, 0.3) is 0 Å². The third-order valence-electron chi connectivity index (χ3n) is 4.51. The summed E-state index contributed by atoms with van der Waals surface area (Å²) in [4.78, 5) is 8.81. The number of benzene rings is 1. The van der Waals surface area contributed by atoms with Crippen LogP contribution in [0.15, 0.2) is 29.5 Å². The first-order valence-electron chi connectivity index (χ1n) is 8.93. The van der Waals surface area contributed by atoms with E-state index < -0.39 is 11.6 Å². The number of aliphatic imine (C=N–C) groups is 1. The van der Waals surface area contributed by atoms with Gasteiger partial charge in [0.05, 0.1) is 6.54 Å². The average molecular weight is 490 g/mol. The highest BCUT2D eigenvalue weighted by Gasteiger charge is 2.20. The van der Waals surface area contributed by atoms with Gasteiger partial charge in [-0.1, -0.05) is 13.0 Å². The zero-order valence-corrected chi connectivity index (χ0v) is 17.8. The average Bonchev–Trinajstić information content (AvgIpc) is 3.07. The minimum Gasteiger partial charge on any atom is -0.357 e. The largest absolute Gasteiger partial charge is 0.357 e. The Bertz CT molecular complexity index is 779. The molecule has 2 N–H and O–H groups in total. The molecule has 1 aliphatic rings. The van der Waals surface area contributed by atoms with Gasteiger partial charge < -0.3 is 10.6 Å². The Balaban J connectivity index is 0.00000261. The molecule has 0 saturated heterocycles. The Kier molecular flexibility index (Phi) is 7.93. The van der Waals surface area contributed by atoms with E-state index in [1.807, 2.05) is 18.5 Å². The topological polar surface area (TPSA) is 67.1 Å². The summed E-state index contributed by atoms with van der Waals surface area (Å²) in [5.41, 5.74) is 0.468. The second-order valence-electron chi connectivity index (χ2n) is 6.52. The van der Waals surface area contributed by atoms with E-state index in [2.05, 4.69) is 25.7 Å². The number of hydrogen-bond donors (Lipinski definition) is 2. The highest BCUT2D eigenvalue weighted by Crippen LogP contribution is 2.20. The van der Waals surface area contributed by atoms with Gasteiger partial charge in [0.25, 0.3) is 0 Å². The van der Waals surface area contributed by atoms with Crippen LogP contribution in [0.2, 0.25) is 0 Å². The first-order chi connectivity index (χ1) is 12.6. The number of rotatable bonds is 5. The highest BCUT2D eigenvalue weighted by molar-refractivity contribution is 14.0. The lowest BCUT2D eigenvalue weighted by molar-refractivity contribution is 0.392. The van der Waals surface area contributed by atoms with E-state index >= 15 is 0 Å². The number of nitrogens with zero attached hydrogens (tertiary/aromatic N) is 4. The van der Waals surface area contributed by atoms with E-state index in [1.165, 1.54) is 12.1 Å². The van der Waals surface area contributed by atoms with Crippen molar-refractivity contribution >= 4 is 29.9 Å². The van der Waals surface area contributed by atoms with Gasteiger partial charge in [-0.05, 0) is 25.0 Å². The molecule has 148 valence electrons. The molecule has 0 fully saturated rings. The summed E-state index contributed by atoms with van der Waals surface area (Å²) in [5.74, 6) is 0.443. The van der Waals surface area contributed by atoms with Gasteiger partial charge >= 0.3 is 0 Å². The molecule has 9 heteroatoms. The minimum absolute atomic E-state index is 0. The quantitative estimate of drug-likeness (QED) is 0.385. The molecule has 1 aromatic carbocycles. The molecule has 2 aromatic rings. The molecule has 1 aliphatic heterocycles. The van der Waals surface area contributed by atoms with E-state index in [0.29, 0.717) is 18.1 Å². The zero-order chi connectivity index (χ0) is 18.5. The van der Waals surface area contributed by atoms with E-state index in [-0.39, 0.29) is 35.9 Å². The van der Waals surface area contributed by atoms with Crippen LogP contribution in [0, 0.1) is 11.6 Å². The van der Waals surface area contributed by atoms with E-state index in [1.54, 1.807) is 6.33 Å². The van der Waals surface area contributed by atoms with Gasteiger partial charge in [0.2, 0.25) is 0 Å². The van der Waals surface area contributed by atoms with Gasteiger partial charge in [0.15, 0.2) is 5.96 Å². The fourth-order valence-corrected chi connectivity index (χ4v) is 3.10. The van der Waals surface area contributed by atoms with Crippen LogP contribution in [0.4, 0.5) is 8.78 Å². The number of nitrogens with one attached hydrogen (secondary N) is 2. The van der Waals surface area contributed by atoms with Crippen molar-refractivity contribution in [1.82, 2.24) is 25.4 Å². The van der Waals surface area contributed by atoms with E-state index in [0.717, 1.165) is 37.8 Å². The van der Waals surface area contributed by atoms with Crippen molar-refractivity contribution in [3.05, 3.63) is 47.5 Å².